The number of hydrazine groups is 1. The molecule has 0 aliphatic carbocycles. The van der Waals surface area contributed by atoms with Crippen LogP contribution in [0.3, 0.4) is 0 Å². The minimum atomic E-state index is 0.461. The molecule has 1 fully saturated rings. The molecule has 0 aromatic heterocycles. The van der Waals surface area contributed by atoms with Gasteiger partial charge in [-0.2, -0.15) is 0 Å². The van der Waals surface area contributed by atoms with Crippen LogP contribution in [0, 0.1) is 5.92 Å². The zero-order valence-electron chi connectivity index (χ0n) is 12.7. The van der Waals surface area contributed by atoms with Crippen LogP contribution < -0.4 is 11.3 Å². The third-order valence-electron chi connectivity index (χ3n) is 4.11. The van der Waals surface area contributed by atoms with Gasteiger partial charge in [0, 0.05) is 31.7 Å². The van der Waals surface area contributed by atoms with E-state index in [-0.39, 0.29) is 0 Å². The number of hydrogen-bond acceptors (Lipinski definition) is 4. The predicted molar refractivity (Wildman–Crippen MR) is 78.3 cm³/mol. The van der Waals surface area contributed by atoms with Gasteiger partial charge in [-0.05, 0) is 32.9 Å². The van der Waals surface area contributed by atoms with E-state index in [1.165, 1.54) is 38.9 Å². The quantitative estimate of drug-likeness (QED) is 0.532. The maximum atomic E-state index is 5.70. The first-order valence-electron chi connectivity index (χ1n) is 7.37. The van der Waals surface area contributed by atoms with E-state index in [0.29, 0.717) is 12.1 Å². The Morgan fingerprint density at radius 2 is 1.94 bits per heavy atom. The first-order valence-corrected chi connectivity index (χ1v) is 7.37. The van der Waals surface area contributed by atoms with Crippen molar-refractivity contribution in [2.24, 2.45) is 11.8 Å². The van der Waals surface area contributed by atoms with E-state index in [1.54, 1.807) is 0 Å². The van der Waals surface area contributed by atoms with E-state index in [2.05, 4.69) is 43.2 Å². The highest BCUT2D eigenvalue weighted by Gasteiger charge is 2.24. The second kappa shape index (κ2) is 8.10. The summed E-state index contributed by atoms with van der Waals surface area (Å²) in [5.41, 5.74) is 3.01. The Bertz CT molecular complexity index is 220. The van der Waals surface area contributed by atoms with Crippen LogP contribution in [-0.4, -0.2) is 55.6 Å². The molecular formula is C14H32N4. The van der Waals surface area contributed by atoms with E-state index in [1.807, 2.05) is 0 Å². The summed E-state index contributed by atoms with van der Waals surface area (Å²) >= 11 is 0. The first kappa shape index (κ1) is 15.9. The summed E-state index contributed by atoms with van der Waals surface area (Å²) < 4.78 is 0. The molecule has 1 heterocycles. The van der Waals surface area contributed by atoms with Gasteiger partial charge in [0.15, 0.2) is 0 Å². The average molecular weight is 256 g/mol. The maximum Gasteiger partial charge on any atom is 0.0235 e. The van der Waals surface area contributed by atoms with Crippen molar-refractivity contribution >= 4 is 0 Å². The lowest BCUT2D eigenvalue weighted by Gasteiger charge is -2.39. The minimum Gasteiger partial charge on any atom is -0.304 e. The van der Waals surface area contributed by atoms with Crippen molar-refractivity contribution in [1.82, 2.24) is 15.2 Å². The molecular weight excluding hydrogens is 224 g/mol. The molecule has 2 atom stereocenters. The van der Waals surface area contributed by atoms with Gasteiger partial charge < -0.3 is 9.80 Å². The van der Waals surface area contributed by atoms with Gasteiger partial charge in [0.25, 0.3) is 0 Å². The highest BCUT2D eigenvalue weighted by atomic mass is 15.3. The second-order valence-corrected chi connectivity index (χ2v) is 6.32. The first-order chi connectivity index (χ1) is 8.52. The molecule has 0 radical (unpaired) electrons. The summed E-state index contributed by atoms with van der Waals surface area (Å²) in [6.45, 7) is 8.09. The zero-order valence-corrected chi connectivity index (χ0v) is 12.7. The van der Waals surface area contributed by atoms with Crippen LogP contribution in [0.5, 0.6) is 0 Å². The number of rotatable bonds is 7. The van der Waals surface area contributed by atoms with Crippen molar-refractivity contribution in [2.75, 3.05) is 33.7 Å². The molecule has 18 heavy (non-hydrogen) atoms. The number of likely N-dealkylation sites (N-methyl/N-ethyl adjacent to an activating group) is 2. The highest BCUT2D eigenvalue weighted by molar-refractivity contribution is 4.82. The van der Waals surface area contributed by atoms with Crippen LogP contribution in [-0.2, 0) is 0 Å². The number of nitrogens with zero attached hydrogens (tertiary/aromatic N) is 2. The summed E-state index contributed by atoms with van der Waals surface area (Å²) in [6, 6.07) is 1.10. The van der Waals surface area contributed by atoms with Crippen molar-refractivity contribution in [1.29, 1.82) is 0 Å². The predicted octanol–water partition coefficient (Wildman–Crippen LogP) is 1.28. The fourth-order valence-electron chi connectivity index (χ4n) is 2.73. The monoisotopic (exact) mass is 256 g/mol. The minimum absolute atomic E-state index is 0.461. The van der Waals surface area contributed by atoms with Gasteiger partial charge in [-0.25, -0.2) is 0 Å². The summed E-state index contributed by atoms with van der Waals surface area (Å²) in [7, 11) is 4.45. The van der Waals surface area contributed by atoms with Gasteiger partial charge in [-0.15, -0.1) is 0 Å². The molecule has 2 unspecified atom stereocenters. The molecule has 0 saturated carbocycles. The van der Waals surface area contributed by atoms with Crippen LogP contribution in [0.1, 0.15) is 39.5 Å². The van der Waals surface area contributed by atoms with Crippen LogP contribution in [0.25, 0.3) is 0 Å². The Morgan fingerprint density at radius 3 is 2.56 bits per heavy atom. The lowest BCUT2D eigenvalue weighted by atomic mass is 9.97. The number of nitrogens with one attached hydrogen (secondary N) is 1. The molecule has 0 bridgehead atoms. The molecule has 4 nitrogen and oxygen atoms in total. The third-order valence-corrected chi connectivity index (χ3v) is 4.11. The van der Waals surface area contributed by atoms with Crippen LogP contribution in [0.4, 0.5) is 0 Å². The summed E-state index contributed by atoms with van der Waals surface area (Å²) in [6.07, 6.45) is 4.94. The fourth-order valence-corrected chi connectivity index (χ4v) is 2.73. The topological polar surface area (TPSA) is 44.5 Å². The SMILES string of the molecule is CC(C)CCCC(CC1CN(C)CCN1C)NN. The Morgan fingerprint density at radius 1 is 1.22 bits per heavy atom. The fraction of sp³-hybridized carbons (Fsp3) is 1.00. The third kappa shape index (κ3) is 5.65. The number of piperazine rings is 1. The molecule has 0 aromatic carbocycles. The van der Waals surface area contributed by atoms with Gasteiger partial charge in [-0.3, -0.25) is 11.3 Å². The largest absolute Gasteiger partial charge is 0.304 e. The van der Waals surface area contributed by atoms with Gasteiger partial charge >= 0.3 is 0 Å². The summed E-state index contributed by atoms with van der Waals surface area (Å²) in [5.74, 6) is 6.50. The lowest BCUT2D eigenvalue weighted by Crippen LogP contribution is -2.52. The maximum absolute atomic E-state index is 5.70. The van der Waals surface area contributed by atoms with Gasteiger partial charge in [0.05, 0.1) is 0 Å². The van der Waals surface area contributed by atoms with Crippen LogP contribution in [0.2, 0.25) is 0 Å². The molecule has 1 aliphatic heterocycles. The van der Waals surface area contributed by atoms with Crippen molar-refractivity contribution in [2.45, 2.75) is 51.6 Å². The lowest BCUT2D eigenvalue weighted by molar-refractivity contribution is 0.0997. The molecule has 108 valence electrons. The summed E-state index contributed by atoms with van der Waals surface area (Å²) in [4.78, 5) is 4.90. The molecule has 1 saturated heterocycles. The van der Waals surface area contributed by atoms with Gasteiger partial charge in [0.2, 0.25) is 0 Å². The number of hydrogen-bond donors (Lipinski definition) is 2. The molecule has 0 aromatic rings. The zero-order chi connectivity index (χ0) is 13.5. The molecule has 0 amide bonds. The summed E-state index contributed by atoms with van der Waals surface area (Å²) in [5, 5.41) is 0. The second-order valence-electron chi connectivity index (χ2n) is 6.32. The van der Waals surface area contributed by atoms with Gasteiger partial charge in [0.1, 0.15) is 0 Å². The highest BCUT2D eigenvalue weighted by Crippen LogP contribution is 2.16. The normalized spacial score (nSPS) is 24.7. The Labute approximate surface area is 113 Å². The molecule has 3 N–H and O–H groups in total. The smallest absolute Gasteiger partial charge is 0.0235 e. The van der Waals surface area contributed by atoms with Crippen LogP contribution in [0.15, 0.2) is 0 Å². The van der Waals surface area contributed by atoms with Gasteiger partial charge in [-0.1, -0.05) is 26.7 Å². The molecule has 0 spiro atoms. The van der Waals surface area contributed by atoms with E-state index < -0.39 is 0 Å². The Hall–Kier alpha value is -0.160. The molecule has 1 aliphatic rings. The van der Waals surface area contributed by atoms with Crippen LogP contribution >= 0.6 is 0 Å². The molecule has 4 heteroatoms. The van der Waals surface area contributed by atoms with Crippen molar-refractivity contribution in [3.8, 4) is 0 Å². The Balaban J connectivity index is 2.32. The standard InChI is InChI=1S/C14H32N4/c1-12(2)6-5-7-13(16-15)10-14-11-17(3)8-9-18(14)4/h12-14,16H,5-11,15H2,1-4H3. The Kier molecular flexibility index (Phi) is 7.15. The number of nitrogens with two attached hydrogens (primary N) is 1. The van der Waals surface area contributed by atoms with Crippen molar-refractivity contribution in [3.05, 3.63) is 0 Å². The van der Waals surface area contributed by atoms with E-state index in [9.17, 15) is 0 Å². The van der Waals surface area contributed by atoms with E-state index >= 15 is 0 Å². The molecule has 1 rings (SSSR count). The van der Waals surface area contributed by atoms with Crippen molar-refractivity contribution in [3.63, 3.8) is 0 Å². The van der Waals surface area contributed by atoms with E-state index in [4.69, 9.17) is 5.84 Å². The van der Waals surface area contributed by atoms with Crippen molar-refractivity contribution < 1.29 is 0 Å². The average Bonchev–Trinajstić information content (AvgIpc) is 2.32. The van der Waals surface area contributed by atoms with E-state index in [0.717, 1.165) is 12.3 Å².